The van der Waals surface area contributed by atoms with Crippen LogP contribution in [0.2, 0.25) is 0 Å². The van der Waals surface area contributed by atoms with Gasteiger partial charge in [0.1, 0.15) is 5.75 Å². The Kier molecular flexibility index (Phi) is 6.62. The number of carbonyl (C=O) groups excluding carboxylic acids is 1. The molecule has 0 bridgehead atoms. The second-order valence-electron chi connectivity index (χ2n) is 7.35. The molecule has 0 aliphatic carbocycles. The van der Waals surface area contributed by atoms with Crippen molar-refractivity contribution in [3.8, 4) is 5.75 Å². The third kappa shape index (κ3) is 5.00. The van der Waals surface area contributed by atoms with E-state index in [9.17, 15) is 4.79 Å². The summed E-state index contributed by atoms with van der Waals surface area (Å²) in [6.07, 6.45) is 4.11. The van der Waals surface area contributed by atoms with Gasteiger partial charge in [-0.1, -0.05) is 36.4 Å². The van der Waals surface area contributed by atoms with Crippen LogP contribution in [0.4, 0.5) is 0 Å². The largest absolute Gasteiger partial charge is 0.508 e. The van der Waals surface area contributed by atoms with Crippen LogP contribution in [0.15, 0.2) is 54.6 Å². The summed E-state index contributed by atoms with van der Waals surface area (Å²) in [5.41, 5.74) is 8.48. The fourth-order valence-electron chi connectivity index (χ4n) is 3.65. The lowest BCUT2D eigenvalue weighted by Crippen LogP contribution is -2.18. The number of primary amides is 1. The van der Waals surface area contributed by atoms with Crippen LogP contribution in [-0.2, 0) is 6.54 Å². The number of aryl methyl sites for hydroxylation is 1. The maximum atomic E-state index is 10.6. The summed E-state index contributed by atoms with van der Waals surface area (Å²) in [5, 5.41) is 19.1. The molecule has 29 heavy (non-hydrogen) atoms. The van der Waals surface area contributed by atoms with Crippen LogP contribution >= 0.6 is 0 Å². The molecule has 1 saturated heterocycles. The number of likely N-dealkylation sites (tertiary alicyclic amines) is 1. The summed E-state index contributed by atoms with van der Waals surface area (Å²) >= 11 is 0. The fraction of sp³-hybridized carbons (Fsp3) is 0.250. The van der Waals surface area contributed by atoms with Crippen LogP contribution in [0.5, 0.6) is 5.75 Å². The van der Waals surface area contributed by atoms with Crippen LogP contribution < -0.4 is 5.73 Å². The molecule has 4 rings (SSSR count). The zero-order valence-corrected chi connectivity index (χ0v) is 16.7. The van der Waals surface area contributed by atoms with Crippen LogP contribution in [0.25, 0.3) is 10.8 Å². The molecule has 0 radical (unpaired) electrons. The molecule has 1 aliphatic heterocycles. The first-order chi connectivity index (χ1) is 14.0. The number of aromatic hydroxyl groups is 1. The Morgan fingerprint density at radius 3 is 2.45 bits per heavy atom. The number of fused-ring (bicyclic) bond motifs is 1. The van der Waals surface area contributed by atoms with E-state index in [2.05, 4.69) is 35.2 Å². The number of hydrogen-bond acceptors (Lipinski definition) is 4. The van der Waals surface area contributed by atoms with Gasteiger partial charge in [-0.3, -0.25) is 9.69 Å². The van der Waals surface area contributed by atoms with Gasteiger partial charge in [0.15, 0.2) is 0 Å². The molecule has 0 aromatic heterocycles. The van der Waals surface area contributed by atoms with Gasteiger partial charge in [-0.15, -0.1) is 0 Å². The standard InChI is InChI=1S/C16H18N2.C8H9NO2/c17-11-13-5-3-8-16-14(6-4-7-15(13)16)12-18-9-1-2-10-18;1-5-4-6(8(9)11)2-3-7(5)10/h3-8,11,17H,1-2,9-10,12H2;2-4,10H,1H3,(H2,9,11). The number of phenols is 1. The summed E-state index contributed by atoms with van der Waals surface area (Å²) in [5.74, 6) is -0.303. The normalized spacial score (nSPS) is 13.7. The van der Waals surface area contributed by atoms with Gasteiger partial charge in [0.05, 0.1) is 0 Å². The summed E-state index contributed by atoms with van der Waals surface area (Å²) in [7, 11) is 0. The maximum absolute atomic E-state index is 10.6. The molecular weight excluding hydrogens is 362 g/mol. The van der Waals surface area contributed by atoms with Gasteiger partial charge < -0.3 is 16.2 Å². The molecule has 1 aliphatic rings. The Morgan fingerprint density at radius 2 is 1.79 bits per heavy atom. The molecule has 1 heterocycles. The van der Waals surface area contributed by atoms with E-state index in [1.807, 2.05) is 6.07 Å². The summed E-state index contributed by atoms with van der Waals surface area (Å²) in [4.78, 5) is 13.1. The zero-order chi connectivity index (χ0) is 20.8. The highest BCUT2D eigenvalue weighted by Crippen LogP contribution is 2.24. The second-order valence-corrected chi connectivity index (χ2v) is 7.35. The molecule has 150 valence electrons. The van der Waals surface area contributed by atoms with Crippen LogP contribution in [0, 0.1) is 12.3 Å². The number of nitrogens with one attached hydrogen (secondary N) is 1. The lowest BCUT2D eigenvalue weighted by atomic mass is 10.0. The van der Waals surface area contributed by atoms with Crippen LogP contribution in [0.1, 0.15) is 39.9 Å². The Bertz CT molecular complexity index is 1020. The van der Waals surface area contributed by atoms with Crippen molar-refractivity contribution in [2.24, 2.45) is 5.73 Å². The molecule has 5 nitrogen and oxygen atoms in total. The smallest absolute Gasteiger partial charge is 0.248 e. The topological polar surface area (TPSA) is 90.4 Å². The third-order valence-electron chi connectivity index (χ3n) is 5.28. The highest BCUT2D eigenvalue weighted by molar-refractivity contribution is 6.00. The number of rotatable bonds is 4. The van der Waals surface area contributed by atoms with Crippen molar-refractivity contribution in [1.82, 2.24) is 4.90 Å². The average Bonchev–Trinajstić information content (AvgIpc) is 3.23. The summed E-state index contributed by atoms with van der Waals surface area (Å²) in [6, 6.07) is 17.2. The maximum Gasteiger partial charge on any atom is 0.248 e. The SMILES string of the molecule is Cc1cc(C(N)=O)ccc1O.N=Cc1cccc2c(CN3CCCC3)cccc12. The lowest BCUT2D eigenvalue weighted by molar-refractivity contribution is 0.1000. The predicted molar refractivity (Wildman–Crippen MR) is 118 cm³/mol. The molecule has 0 spiro atoms. The fourth-order valence-corrected chi connectivity index (χ4v) is 3.65. The molecule has 4 N–H and O–H groups in total. The van der Waals surface area contributed by atoms with Gasteiger partial charge in [-0.2, -0.15) is 0 Å². The quantitative estimate of drug-likeness (QED) is 0.583. The van der Waals surface area contributed by atoms with Crippen molar-refractivity contribution in [1.29, 1.82) is 5.41 Å². The van der Waals surface area contributed by atoms with E-state index in [1.165, 1.54) is 60.6 Å². The predicted octanol–water partition coefficient (Wildman–Crippen LogP) is 4.23. The van der Waals surface area contributed by atoms with Crippen molar-refractivity contribution >= 4 is 22.9 Å². The van der Waals surface area contributed by atoms with Crippen molar-refractivity contribution in [2.45, 2.75) is 26.3 Å². The molecule has 1 amide bonds. The van der Waals surface area contributed by atoms with E-state index >= 15 is 0 Å². The molecule has 3 aromatic carbocycles. The van der Waals surface area contributed by atoms with E-state index in [0.717, 1.165) is 12.1 Å². The number of carbonyl (C=O) groups is 1. The molecule has 3 aromatic rings. The van der Waals surface area contributed by atoms with Gasteiger partial charge in [-0.05, 0) is 78.5 Å². The van der Waals surface area contributed by atoms with Crippen molar-refractivity contribution < 1.29 is 9.90 Å². The van der Waals surface area contributed by atoms with E-state index in [0.29, 0.717) is 11.1 Å². The van der Waals surface area contributed by atoms with E-state index in [1.54, 1.807) is 13.0 Å². The molecule has 0 unspecified atom stereocenters. The van der Waals surface area contributed by atoms with E-state index in [-0.39, 0.29) is 5.75 Å². The number of nitrogens with two attached hydrogens (primary N) is 1. The highest BCUT2D eigenvalue weighted by atomic mass is 16.3. The van der Waals surface area contributed by atoms with Crippen molar-refractivity contribution in [3.05, 3.63) is 76.9 Å². The zero-order valence-electron chi connectivity index (χ0n) is 16.7. The minimum atomic E-state index is -0.479. The number of nitrogens with zero attached hydrogens (tertiary/aromatic N) is 1. The Labute approximate surface area is 171 Å². The third-order valence-corrected chi connectivity index (χ3v) is 5.28. The Balaban J connectivity index is 0.000000188. The molecule has 5 heteroatoms. The van der Waals surface area contributed by atoms with Gasteiger partial charge in [0.2, 0.25) is 5.91 Å². The van der Waals surface area contributed by atoms with Crippen molar-refractivity contribution in [2.75, 3.05) is 13.1 Å². The lowest BCUT2D eigenvalue weighted by Gasteiger charge is -2.16. The number of amides is 1. The van der Waals surface area contributed by atoms with Gasteiger partial charge in [0, 0.05) is 18.3 Å². The minimum absolute atomic E-state index is 0.176. The number of benzene rings is 3. The van der Waals surface area contributed by atoms with Gasteiger partial charge in [0.25, 0.3) is 0 Å². The Hall–Kier alpha value is -3.18. The summed E-state index contributed by atoms with van der Waals surface area (Å²) in [6.45, 7) is 5.20. The van der Waals surface area contributed by atoms with Crippen LogP contribution in [0.3, 0.4) is 0 Å². The van der Waals surface area contributed by atoms with Gasteiger partial charge in [-0.25, -0.2) is 0 Å². The minimum Gasteiger partial charge on any atom is -0.508 e. The molecule has 1 fully saturated rings. The first-order valence-corrected chi connectivity index (χ1v) is 9.82. The first-order valence-electron chi connectivity index (χ1n) is 9.82. The Morgan fingerprint density at radius 1 is 1.10 bits per heavy atom. The number of hydrogen-bond donors (Lipinski definition) is 3. The molecular formula is C24H27N3O2. The molecule has 0 atom stereocenters. The molecule has 0 saturated carbocycles. The highest BCUT2D eigenvalue weighted by Gasteiger charge is 2.13. The monoisotopic (exact) mass is 389 g/mol. The number of phenolic OH excluding ortho intramolecular Hbond substituents is 1. The first kappa shape index (κ1) is 20.6. The van der Waals surface area contributed by atoms with Crippen LogP contribution in [-0.4, -0.2) is 35.2 Å². The van der Waals surface area contributed by atoms with E-state index in [4.69, 9.17) is 16.2 Å². The van der Waals surface area contributed by atoms with E-state index < -0.39 is 5.91 Å². The van der Waals surface area contributed by atoms with Gasteiger partial charge >= 0.3 is 0 Å². The second kappa shape index (κ2) is 9.34. The summed E-state index contributed by atoms with van der Waals surface area (Å²) < 4.78 is 0. The average molecular weight is 389 g/mol. The van der Waals surface area contributed by atoms with Crippen molar-refractivity contribution in [3.63, 3.8) is 0 Å².